The minimum atomic E-state index is -4.75. The summed E-state index contributed by atoms with van der Waals surface area (Å²) in [7, 11) is 0. The molecule has 0 radical (unpaired) electrons. The Kier molecular flexibility index (Phi) is 3.21. The summed E-state index contributed by atoms with van der Waals surface area (Å²) in [4.78, 5) is 0. The number of ether oxygens (including phenoxy) is 1. The molecule has 96 valence electrons. The van der Waals surface area contributed by atoms with E-state index in [-0.39, 0.29) is 16.6 Å². The zero-order valence-corrected chi connectivity index (χ0v) is 9.96. The molecule has 0 unspecified atom stereocenters. The largest absolute Gasteiger partial charge is 0.573 e. The fraction of sp³-hybridized carbons (Fsp3) is 0.182. The first kappa shape index (κ1) is 12.8. The molecule has 0 aliphatic heterocycles. The van der Waals surface area contributed by atoms with Gasteiger partial charge in [-0.25, -0.2) is 4.68 Å². The molecule has 2 rings (SSSR count). The van der Waals surface area contributed by atoms with Crippen LogP contribution in [0.2, 0.25) is 5.15 Å². The average molecular weight is 277 g/mol. The molecular weight excluding hydrogens is 269 g/mol. The van der Waals surface area contributed by atoms with Gasteiger partial charge in [0.2, 0.25) is 0 Å². The molecule has 0 aliphatic carbocycles. The lowest BCUT2D eigenvalue weighted by atomic mass is 10.3. The van der Waals surface area contributed by atoms with Crippen LogP contribution in [0, 0.1) is 6.92 Å². The van der Waals surface area contributed by atoms with Crippen molar-refractivity contribution in [3.05, 3.63) is 41.2 Å². The second-order valence-electron chi connectivity index (χ2n) is 3.54. The van der Waals surface area contributed by atoms with Gasteiger partial charge in [0.25, 0.3) is 0 Å². The van der Waals surface area contributed by atoms with Crippen LogP contribution in [0.3, 0.4) is 0 Å². The molecule has 0 saturated heterocycles. The number of rotatable bonds is 2. The second kappa shape index (κ2) is 4.53. The van der Waals surface area contributed by atoms with Crippen LogP contribution in [-0.2, 0) is 0 Å². The average Bonchev–Trinajstić information content (AvgIpc) is 2.56. The summed E-state index contributed by atoms with van der Waals surface area (Å²) >= 11 is 5.71. The molecule has 1 aromatic carbocycles. The summed E-state index contributed by atoms with van der Waals surface area (Å²) in [5.41, 5.74) is 0.789. The standard InChI is InChI=1S/C11H8ClF3N2O/c1-7-6-10(12)16-17(7)8-4-2-3-5-9(8)18-11(13,14)15/h2-6H,1H3. The summed E-state index contributed by atoms with van der Waals surface area (Å²) < 4.78 is 42.0. The van der Waals surface area contributed by atoms with Gasteiger partial charge in [-0.15, -0.1) is 13.2 Å². The van der Waals surface area contributed by atoms with E-state index in [4.69, 9.17) is 11.6 Å². The van der Waals surface area contributed by atoms with Crippen LogP contribution < -0.4 is 4.74 Å². The zero-order chi connectivity index (χ0) is 13.3. The monoisotopic (exact) mass is 276 g/mol. The molecule has 0 aliphatic rings. The summed E-state index contributed by atoms with van der Waals surface area (Å²) in [6.45, 7) is 1.68. The van der Waals surface area contributed by atoms with E-state index in [1.807, 2.05) is 0 Å². The van der Waals surface area contributed by atoms with E-state index in [1.54, 1.807) is 19.1 Å². The Morgan fingerprint density at radius 1 is 1.28 bits per heavy atom. The van der Waals surface area contributed by atoms with Crippen molar-refractivity contribution in [3.63, 3.8) is 0 Å². The maximum absolute atomic E-state index is 12.3. The summed E-state index contributed by atoms with van der Waals surface area (Å²) in [6.07, 6.45) is -4.75. The number of hydrogen-bond acceptors (Lipinski definition) is 2. The Labute approximate surface area is 106 Å². The SMILES string of the molecule is Cc1cc(Cl)nn1-c1ccccc1OC(F)(F)F. The number of halogens is 4. The van der Waals surface area contributed by atoms with E-state index in [2.05, 4.69) is 9.84 Å². The van der Waals surface area contributed by atoms with Gasteiger partial charge in [0.05, 0.1) is 0 Å². The molecule has 0 N–H and O–H groups in total. The number of aryl methyl sites for hydroxylation is 1. The van der Waals surface area contributed by atoms with E-state index < -0.39 is 6.36 Å². The van der Waals surface area contributed by atoms with Crippen molar-refractivity contribution in [1.29, 1.82) is 0 Å². The van der Waals surface area contributed by atoms with Gasteiger partial charge in [-0.05, 0) is 25.1 Å². The highest BCUT2D eigenvalue weighted by Crippen LogP contribution is 2.29. The first-order chi connectivity index (χ1) is 8.37. The van der Waals surface area contributed by atoms with Gasteiger partial charge in [-0.3, -0.25) is 0 Å². The molecule has 1 aromatic heterocycles. The van der Waals surface area contributed by atoms with Crippen molar-refractivity contribution < 1.29 is 17.9 Å². The molecule has 7 heteroatoms. The van der Waals surface area contributed by atoms with Crippen molar-refractivity contribution >= 4 is 11.6 Å². The van der Waals surface area contributed by atoms with Crippen LogP contribution >= 0.6 is 11.6 Å². The fourth-order valence-corrected chi connectivity index (χ4v) is 1.76. The lowest BCUT2D eigenvalue weighted by molar-refractivity contribution is -0.274. The third kappa shape index (κ3) is 2.76. The number of hydrogen-bond donors (Lipinski definition) is 0. The summed E-state index contributed by atoms with van der Waals surface area (Å²) in [5.74, 6) is -0.326. The van der Waals surface area contributed by atoms with Crippen LogP contribution in [0.4, 0.5) is 13.2 Å². The quantitative estimate of drug-likeness (QED) is 0.836. The van der Waals surface area contributed by atoms with Crippen molar-refractivity contribution in [2.45, 2.75) is 13.3 Å². The Morgan fingerprint density at radius 2 is 1.94 bits per heavy atom. The number of nitrogens with zero attached hydrogens (tertiary/aromatic N) is 2. The van der Waals surface area contributed by atoms with Crippen LogP contribution in [0.15, 0.2) is 30.3 Å². The van der Waals surface area contributed by atoms with Crippen molar-refractivity contribution in [2.75, 3.05) is 0 Å². The van der Waals surface area contributed by atoms with Gasteiger partial charge in [0, 0.05) is 5.69 Å². The normalized spacial score (nSPS) is 11.6. The van der Waals surface area contributed by atoms with E-state index in [9.17, 15) is 13.2 Å². The van der Waals surface area contributed by atoms with Crippen molar-refractivity contribution in [2.24, 2.45) is 0 Å². The molecular formula is C11H8ClF3N2O. The summed E-state index contributed by atoms with van der Waals surface area (Å²) in [5, 5.41) is 4.11. The molecule has 0 spiro atoms. The molecule has 3 nitrogen and oxygen atoms in total. The predicted octanol–water partition coefficient (Wildman–Crippen LogP) is 3.73. The van der Waals surface area contributed by atoms with E-state index in [0.29, 0.717) is 5.69 Å². The number of para-hydroxylation sites is 2. The topological polar surface area (TPSA) is 27.1 Å². The second-order valence-corrected chi connectivity index (χ2v) is 3.92. The van der Waals surface area contributed by atoms with Crippen LogP contribution in [-0.4, -0.2) is 16.1 Å². The Morgan fingerprint density at radius 3 is 2.50 bits per heavy atom. The maximum Gasteiger partial charge on any atom is 0.573 e. The van der Waals surface area contributed by atoms with Crippen LogP contribution in [0.1, 0.15) is 5.69 Å². The third-order valence-electron chi connectivity index (χ3n) is 2.18. The molecule has 0 amide bonds. The van der Waals surface area contributed by atoms with Gasteiger partial charge >= 0.3 is 6.36 Å². The summed E-state index contributed by atoms with van der Waals surface area (Å²) in [6, 6.07) is 7.28. The molecule has 0 fully saturated rings. The minimum absolute atomic E-state index is 0.180. The van der Waals surface area contributed by atoms with Crippen LogP contribution in [0.5, 0.6) is 5.75 Å². The predicted molar refractivity (Wildman–Crippen MR) is 60.0 cm³/mol. The third-order valence-corrected chi connectivity index (χ3v) is 2.36. The smallest absolute Gasteiger partial charge is 0.403 e. The Balaban J connectivity index is 2.48. The van der Waals surface area contributed by atoms with E-state index in [0.717, 1.165) is 0 Å². The van der Waals surface area contributed by atoms with Crippen LogP contribution in [0.25, 0.3) is 5.69 Å². The Bertz CT molecular complexity index is 566. The van der Waals surface area contributed by atoms with Gasteiger partial charge in [-0.1, -0.05) is 23.7 Å². The molecule has 0 bridgehead atoms. The highest BCUT2D eigenvalue weighted by Gasteiger charge is 2.32. The van der Waals surface area contributed by atoms with Gasteiger partial charge < -0.3 is 4.74 Å². The maximum atomic E-state index is 12.3. The Hall–Kier alpha value is -1.69. The first-order valence-corrected chi connectivity index (χ1v) is 5.32. The highest BCUT2D eigenvalue weighted by molar-refractivity contribution is 6.29. The van der Waals surface area contributed by atoms with E-state index >= 15 is 0 Å². The van der Waals surface area contributed by atoms with Crippen molar-refractivity contribution in [3.8, 4) is 11.4 Å². The molecule has 0 saturated carbocycles. The number of benzene rings is 1. The molecule has 2 aromatic rings. The lowest BCUT2D eigenvalue weighted by Crippen LogP contribution is -2.18. The number of aromatic nitrogens is 2. The molecule has 0 atom stereocenters. The van der Waals surface area contributed by atoms with Crippen molar-refractivity contribution in [1.82, 2.24) is 9.78 Å². The lowest BCUT2D eigenvalue weighted by Gasteiger charge is -2.13. The van der Waals surface area contributed by atoms with Gasteiger partial charge in [0.15, 0.2) is 10.9 Å². The molecule has 18 heavy (non-hydrogen) atoms. The molecule has 1 heterocycles. The zero-order valence-electron chi connectivity index (χ0n) is 9.20. The minimum Gasteiger partial charge on any atom is -0.403 e. The first-order valence-electron chi connectivity index (χ1n) is 4.94. The highest BCUT2D eigenvalue weighted by atomic mass is 35.5. The fourth-order valence-electron chi connectivity index (χ4n) is 1.52. The van der Waals surface area contributed by atoms with Gasteiger partial charge in [0.1, 0.15) is 5.69 Å². The number of alkyl halides is 3. The van der Waals surface area contributed by atoms with E-state index in [1.165, 1.54) is 22.9 Å². The van der Waals surface area contributed by atoms with Gasteiger partial charge in [-0.2, -0.15) is 5.10 Å².